The van der Waals surface area contributed by atoms with Crippen molar-refractivity contribution in [3.05, 3.63) is 36.4 Å². The molecule has 4 nitrogen and oxygen atoms in total. The Bertz CT molecular complexity index is 504. The first-order valence-electron chi connectivity index (χ1n) is 5.97. The van der Waals surface area contributed by atoms with Crippen molar-refractivity contribution in [2.24, 2.45) is 11.7 Å². The van der Waals surface area contributed by atoms with Crippen LogP contribution < -0.4 is 5.73 Å². The lowest BCUT2D eigenvalue weighted by molar-refractivity contribution is 0.414. The van der Waals surface area contributed by atoms with E-state index in [-0.39, 0.29) is 11.9 Å². The second-order valence-corrected chi connectivity index (χ2v) is 4.69. The van der Waals surface area contributed by atoms with Gasteiger partial charge in [-0.1, -0.05) is 13.8 Å². The zero-order chi connectivity index (χ0) is 13.1. The van der Waals surface area contributed by atoms with Crippen LogP contribution in [0.2, 0.25) is 0 Å². The Morgan fingerprint density at radius 2 is 2.06 bits per heavy atom. The van der Waals surface area contributed by atoms with E-state index < -0.39 is 0 Å². The highest BCUT2D eigenvalue weighted by Gasteiger charge is 2.10. The summed E-state index contributed by atoms with van der Waals surface area (Å²) in [5, 5.41) is 4.38. The van der Waals surface area contributed by atoms with Gasteiger partial charge in [-0.15, -0.1) is 0 Å². The van der Waals surface area contributed by atoms with Gasteiger partial charge in [0.15, 0.2) is 0 Å². The minimum Gasteiger partial charge on any atom is -0.326 e. The number of nitrogens with two attached hydrogens (primary N) is 1. The zero-order valence-corrected chi connectivity index (χ0v) is 10.5. The fourth-order valence-corrected chi connectivity index (χ4v) is 1.55. The molecule has 0 aromatic carbocycles. The van der Waals surface area contributed by atoms with E-state index >= 15 is 0 Å². The number of hydrogen-bond donors (Lipinski definition) is 1. The molecule has 0 amide bonds. The lowest BCUT2D eigenvalue weighted by Gasteiger charge is -2.15. The van der Waals surface area contributed by atoms with Gasteiger partial charge < -0.3 is 5.73 Å². The molecule has 0 saturated heterocycles. The van der Waals surface area contributed by atoms with Crippen LogP contribution in [0.3, 0.4) is 0 Å². The normalized spacial score (nSPS) is 12.9. The average Bonchev–Trinajstić information content (AvgIpc) is 2.78. The van der Waals surface area contributed by atoms with Crippen molar-refractivity contribution in [3.63, 3.8) is 0 Å². The van der Waals surface area contributed by atoms with E-state index in [9.17, 15) is 4.39 Å². The molecular formula is C13H17FN4. The van der Waals surface area contributed by atoms with Crippen LogP contribution in [0, 0.1) is 11.7 Å². The third-order valence-corrected chi connectivity index (χ3v) is 2.88. The fraction of sp³-hybridized carbons (Fsp3) is 0.385. The molecule has 0 saturated carbocycles. The van der Waals surface area contributed by atoms with E-state index in [0.717, 1.165) is 5.69 Å². The molecule has 2 rings (SSSR count). The Morgan fingerprint density at radius 1 is 1.28 bits per heavy atom. The molecule has 0 aliphatic carbocycles. The quantitative estimate of drug-likeness (QED) is 0.901. The average molecular weight is 248 g/mol. The number of rotatable bonds is 4. The number of nitrogens with zero attached hydrogens (tertiary/aromatic N) is 3. The van der Waals surface area contributed by atoms with Crippen molar-refractivity contribution in [1.29, 1.82) is 0 Å². The summed E-state index contributed by atoms with van der Waals surface area (Å²) in [5.41, 5.74) is 7.38. The molecule has 2 aromatic rings. The number of pyridine rings is 1. The lowest BCUT2D eigenvalue weighted by Crippen LogP contribution is -2.31. The molecule has 18 heavy (non-hydrogen) atoms. The summed E-state index contributed by atoms with van der Waals surface area (Å²) in [4.78, 5) is 3.99. The predicted octanol–water partition coefficient (Wildman–Crippen LogP) is 2.07. The number of hydrogen-bond acceptors (Lipinski definition) is 3. The molecule has 0 aliphatic rings. The van der Waals surface area contributed by atoms with Crippen LogP contribution in [0.25, 0.3) is 11.4 Å². The molecule has 2 aromatic heterocycles. The molecule has 2 heterocycles. The van der Waals surface area contributed by atoms with Gasteiger partial charge in [0.05, 0.1) is 18.4 Å². The second-order valence-electron chi connectivity index (χ2n) is 4.69. The number of halogens is 1. The van der Waals surface area contributed by atoms with Crippen molar-refractivity contribution >= 4 is 0 Å². The molecule has 2 N–H and O–H groups in total. The summed E-state index contributed by atoms with van der Waals surface area (Å²) in [5.74, 6) is 0.0570. The molecule has 0 radical (unpaired) electrons. The smallest absolute Gasteiger partial charge is 0.141 e. The minimum absolute atomic E-state index is 0.0685. The van der Waals surface area contributed by atoms with Crippen molar-refractivity contribution in [2.75, 3.05) is 0 Å². The van der Waals surface area contributed by atoms with E-state index in [4.69, 9.17) is 5.73 Å². The molecule has 0 spiro atoms. The fourth-order valence-electron chi connectivity index (χ4n) is 1.55. The zero-order valence-electron chi connectivity index (χ0n) is 10.5. The summed E-state index contributed by atoms with van der Waals surface area (Å²) >= 11 is 0. The van der Waals surface area contributed by atoms with E-state index in [0.29, 0.717) is 18.2 Å². The predicted molar refractivity (Wildman–Crippen MR) is 68.2 cm³/mol. The van der Waals surface area contributed by atoms with Crippen LogP contribution in [0.1, 0.15) is 13.8 Å². The van der Waals surface area contributed by atoms with Gasteiger partial charge in [0.2, 0.25) is 0 Å². The van der Waals surface area contributed by atoms with Crippen LogP contribution in [0.4, 0.5) is 4.39 Å². The van der Waals surface area contributed by atoms with Gasteiger partial charge in [-0.05, 0) is 24.1 Å². The second kappa shape index (κ2) is 5.27. The van der Waals surface area contributed by atoms with E-state index in [1.165, 1.54) is 12.3 Å². The van der Waals surface area contributed by atoms with Gasteiger partial charge >= 0.3 is 0 Å². The van der Waals surface area contributed by atoms with E-state index in [1.807, 2.05) is 12.3 Å². The first-order valence-corrected chi connectivity index (χ1v) is 5.97. The topological polar surface area (TPSA) is 56.7 Å². The summed E-state index contributed by atoms with van der Waals surface area (Å²) in [6.45, 7) is 4.83. The first kappa shape index (κ1) is 12.7. The Kier molecular flexibility index (Phi) is 3.72. The summed E-state index contributed by atoms with van der Waals surface area (Å²) in [6, 6.07) is 4.91. The highest BCUT2D eigenvalue weighted by Crippen LogP contribution is 2.14. The van der Waals surface area contributed by atoms with Crippen molar-refractivity contribution in [3.8, 4) is 11.4 Å². The standard InChI is InChI=1S/C13H17FN4/c1-9(2)11(15)8-18-6-5-13(17-18)12-4-3-10(14)7-16-12/h3-7,9,11H,8,15H2,1-2H3/t11-/m1/s1. The largest absolute Gasteiger partial charge is 0.326 e. The van der Waals surface area contributed by atoms with Gasteiger partial charge in [0.1, 0.15) is 11.5 Å². The highest BCUT2D eigenvalue weighted by molar-refractivity contribution is 5.52. The Hall–Kier alpha value is -1.75. The molecular weight excluding hydrogens is 231 g/mol. The van der Waals surface area contributed by atoms with Crippen LogP contribution in [0.5, 0.6) is 0 Å². The van der Waals surface area contributed by atoms with Gasteiger partial charge in [-0.2, -0.15) is 5.10 Å². The van der Waals surface area contributed by atoms with E-state index in [1.54, 1.807) is 10.7 Å². The highest BCUT2D eigenvalue weighted by atomic mass is 19.1. The van der Waals surface area contributed by atoms with Crippen LogP contribution in [0.15, 0.2) is 30.6 Å². The monoisotopic (exact) mass is 248 g/mol. The van der Waals surface area contributed by atoms with Gasteiger partial charge in [0, 0.05) is 12.2 Å². The minimum atomic E-state index is -0.347. The Morgan fingerprint density at radius 3 is 2.67 bits per heavy atom. The van der Waals surface area contributed by atoms with Gasteiger partial charge in [-0.3, -0.25) is 9.67 Å². The number of aromatic nitrogens is 3. The third kappa shape index (κ3) is 2.92. The maximum Gasteiger partial charge on any atom is 0.141 e. The Labute approximate surface area is 106 Å². The van der Waals surface area contributed by atoms with Gasteiger partial charge in [-0.25, -0.2) is 4.39 Å². The maximum atomic E-state index is 12.8. The molecule has 0 bridgehead atoms. The molecule has 5 heteroatoms. The van der Waals surface area contributed by atoms with Crippen LogP contribution >= 0.6 is 0 Å². The lowest BCUT2D eigenvalue weighted by atomic mass is 10.1. The molecule has 0 fully saturated rings. The maximum absolute atomic E-state index is 12.8. The molecule has 0 aliphatic heterocycles. The SMILES string of the molecule is CC(C)[C@H](N)Cn1ccc(-c2ccc(F)cn2)n1. The molecule has 96 valence electrons. The van der Waals surface area contributed by atoms with Crippen molar-refractivity contribution in [2.45, 2.75) is 26.4 Å². The van der Waals surface area contributed by atoms with Crippen LogP contribution in [-0.4, -0.2) is 20.8 Å². The summed E-state index contributed by atoms with van der Waals surface area (Å²) in [7, 11) is 0. The molecule has 1 atom stereocenters. The molecule has 0 unspecified atom stereocenters. The summed E-state index contributed by atoms with van der Waals surface area (Å²) < 4.78 is 14.6. The van der Waals surface area contributed by atoms with Gasteiger partial charge in [0.25, 0.3) is 0 Å². The Balaban J connectivity index is 2.13. The van der Waals surface area contributed by atoms with Crippen molar-refractivity contribution < 1.29 is 4.39 Å². The first-order chi connectivity index (χ1) is 8.56. The van der Waals surface area contributed by atoms with Crippen molar-refractivity contribution in [1.82, 2.24) is 14.8 Å². The van der Waals surface area contributed by atoms with Crippen LogP contribution in [-0.2, 0) is 6.54 Å². The van der Waals surface area contributed by atoms with E-state index in [2.05, 4.69) is 23.9 Å². The summed E-state index contributed by atoms with van der Waals surface area (Å²) in [6.07, 6.45) is 3.05. The third-order valence-electron chi connectivity index (χ3n) is 2.88.